The summed E-state index contributed by atoms with van der Waals surface area (Å²) in [6, 6.07) is 5.13. The molecule has 4 rings (SSSR count). The summed E-state index contributed by atoms with van der Waals surface area (Å²) in [4.78, 5) is 18.0. The van der Waals surface area contributed by atoms with Crippen LogP contribution in [0, 0.1) is 0 Å². The summed E-state index contributed by atoms with van der Waals surface area (Å²) in [5.74, 6) is 0.0198. The Morgan fingerprint density at radius 3 is 2.34 bits per heavy atom. The summed E-state index contributed by atoms with van der Waals surface area (Å²) in [7, 11) is -0.405. The van der Waals surface area contributed by atoms with Crippen LogP contribution in [0.25, 0.3) is 0 Å². The molecular weight excluding hydrogens is 471 g/mol. The lowest BCUT2D eigenvalue weighted by Crippen LogP contribution is -2.70. The van der Waals surface area contributed by atoms with Crippen LogP contribution in [0.2, 0.25) is 10.0 Å². The molecule has 2 saturated heterocycles. The molecule has 32 heavy (non-hydrogen) atoms. The highest BCUT2D eigenvalue weighted by atomic mass is 35.5. The summed E-state index contributed by atoms with van der Waals surface area (Å²) >= 11 is 12.2. The van der Waals surface area contributed by atoms with Crippen molar-refractivity contribution in [2.24, 2.45) is 0 Å². The quantitative estimate of drug-likeness (QED) is 0.620. The van der Waals surface area contributed by atoms with Crippen molar-refractivity contribution < 1.29 is 13.2 Å². The highest BCUT2D eigenvalue weighted by Crippen LogP contribution is 2.36. The van der Waals surface area contributed by atoms with E-state index in [0.717, 1.165) is 50.8 Å². The van der Waals surface area contributed by atoms with Crippen molar-refractivity contribution in [1.82, 2.24) is 18.4 Å². The molecule has 0 N–H and O–H groups in total. The van der Waals surface area contributed by atoms with E-state index < -0.39 is 10.2 Å². The molecule has 1 aromatic carbocycles. The Labute approximate surface area is 201 Å². The molecule has 0 aromatic heterocycles. The van der Waals surface area contributed by atoms with Gasteiger partial charge in [0.1, 0.15) is 0 Å². The second-order valence-corrected chi connectivity index (χ2v) is 12.1. The molecular formula is C22H32Cl2N4O3S. The molecule has 1 aromatic rings. The molecule has 178 valence electrons. The van der Waals surface area contributed by atoms with E-state index in [4.69, 9.17) is 23.2 Å². The van der Waals surface area contributed by atoms with Gasteiger partial charge >= 0.3 is 0 Å². The van der Waals surface area contributed by atoms with Gasteiger partial charge in [-0.1, -0.05) is 35.7 Å². The van der Waals surface area contributed by atoms with Crippen molar-refractivity contribution in [3.05, 3.63) is 33.8 Å². The number of carbonyl (C=O) groups is 1. The van der Waals surface area contributed by atoms with Crippen LogP contribution in [0.3, 0.4) is 0 Å². The highest BCUT2D eigenvalue weighted by molar-refractivity contribution is 7.86. The maximum Gasteiger partial charge on any atom is 0.281 e. The van der Waals surface area contributed by atoms with Crippen molar-refractivity contribution in [3.8, 4) is 0 Å². The lowest BCUT2D eigenvalue weighted by atomic mass is 9.82. The molecule has 2 heterocycles. The number of piperazine rings is 1. The van der Waals surface area contributed by atoms with Gasteiger partial charge in [0.25, 0.3) is 10.2 Å². The Kier molecular flexibility index (Phi) is 7.39. The highest BCUT2D eigenvalue weighted by Gasteiger charge is 2.50. The number of benzene rings is 1. The Morgan fingerprint density at radius 1 is 1.00 bits per heavy atom. The molecule has 10 heteroatoms. The average molecular weight is 503 g/mol. The first-order valence-electron chi connectivity index (χ1n) is 11.4. The van der Waals surface area contributed by atoms with Crippen molar-refractivity contribution >= 4 is 39.3 Å². The maximum atomic E-state index is 13.5. The van der Waals surface area contributed by atoms with Gasteiger partial charge in [0.05, 0.1) is 22.5 Å². The van der Waals surface area contributed by atoms with Crippen LogP contribution in [0.4, 0.5) is 0 Å². The molecule has 3 atom stereocenters. The number of amides is 1. The number of carbonyl (C=O) groups excluding carboxylic acids is 1. The van der Waals surface area contributed by atoms with E-state index in [-0.39, 0.29) is 30.5 Å². The van der Waals surface area contributed by atoms with E-state index >= 15 is 0 Å². The van der Waals surface area contributed by atoms with Crippen LogP contribution in [0.5, 0.6) is 0 Å². The van der Waals surface area contributed by atoms with Crippen molar-refractivity contribution in [1.29, 1.82) is 0 Å². The first-order valence-corrected chi connectivity index (χ1v) is 13.5. The normalized spacial score (nSPS) is 27.7. The van der Waals surface area contributed by atoms with Crippen LogP contribution >= 0.6 is 23.2 Å². The maximum absolute atomic E-state index is 13.5. The fraction of sp³-hybridized carbons (Fsp3) is 0.682. The number of hydrogen-bond acceptors (Lipinski definition) is 4. The summed E-state index contributed by atoms with van der Waals surface area (Å²) in [6.07, 6.45) is 5.28. The molecule has 1 saturated carbocycles. The molecule has 7 nitrogen and oxygen atoms in total. The minimum absolute atomic E-state index is 0.0198. The Bertz CT molecular complexity index is 952. The third-order valence-corrected chi connectivity index (χ3v) is 9.81. The monoisotopic (exact) mass is 502 g/mol. The summed E-state index contributed by atoms with van der Waals surface area (Å²) in [5, 5.41) is 0.899. The lowest BCUT2D eigenvalue weighted by Gasteiger charge is -2.54. The molecule has 0 bridgehead atoms. The molecule has 0 unspecified atom stereocenters. The molecule has 0 radical (unpaired) electrons. The second-order valence-electron chi connectivity index (χ2n) is 9.21. The first kappa shape index (κ1) is 24.2. The predicted molar refractivity (Wildman–Crippen MR) is 127 cm³/mol. The zero-order valence-corrected chi connectivity index (χ0v) is 21.0. The van der Waals surface area contributed by atoms with Gasteiger partial charge in [-0.3, -0.25) is 9.69 Å². The van der Waals surface area contributed by atoms with E-state index in [9.17, 15) is 13.2 Å². The first-order chi connectivity index (χ1) is 15.2. The minimum atomic E-state index is -3.56. The summed E-state index contributed by atoms with van der Waals surface area (Å²) in [5.41, 5.74) is 0.817. The molecule has 0 spiro atoms. The van der Waals surface area contributed by atoms with Gasteiger partial charge < -0.3 is 4.90 Å². The number of nitrogens with zero attached hydrogens (tertiary/aromatic N) is 4. The topological polar surface area (TPSA) is 64.2 Å². The van der Waals surface area contributed by atoms with Gasteiger partial charge in [0, 0.05) is 39.3 Å². The van der Waals surface area contributed by atoms with E-state index in [0.29, 0.717) is 23.1 Å². The SMILES string of the molecule is CN(C)S(=O)(=O)N1CCN(C(=O)Cc2ccc(Cl)c(Cl)c2)[C@@H]2[C@@H](N3CCCC3)CCC[C@@H]21. The summed E-state index contributed by atoms with van der Waals surface area (Å²) < 4.78 is 29.2. The minimum Gasteiger partial charge on any atom is -0.335 e. The van der Waals surface area contributed by atoms with Gasteiger partial charge in [0.2, 0.25) is 5.91 Å². The third-order valence-electron chi connectivity index (χ3n) is 7.11. The number of likely N-dealkylation sites (tertiary alicyclic amines) is 1. The van der Waals surface area contributed by atoms with Gasteiger partial charge in [-0.15, -0.1) is 0 Å². The number of rotatable bonds is 5. The third kappa shape index (κ3) is 4.68. The molecule has 3 aliphatic rings. The van der Waals surface area contributed by atoms with E-state index in [1.54, 1.807) is 30.5 Å². The van der Waals surface area contributed by atoms with Gasteiger partial charge in [-0.2, -0.15) is 17.0 Å². The number of fused-ring (bicyclic) bond motifs is 1. The van der Waals surface area contributed by atoms with Gasteiger partial charge in [-0.25, -0.2) is 0 Å². The van der Waals surface area contributed by atoms with Crippen LogP contribution in [0.1, 0.15) is 37.7 Å². The van der Waals surface area contributed by atoms with E-state index in [1.807, 2.05) is 11.0 Å². The zero-order valence-electron chi connectivity index (χ0n) is 18.7. The Morgan fingerprint density at radius 2 is 1.69 bits per heavy atom. The Balaban J connectivity index is 1.64. The van der Waals surface area contributed by atoms with Gasteiger partial charge in [-0.05, 0) is 56.5 Å². The molecule has 1 aliphatic carbocycles. The van der Waals surface area contributed by atoms with Crippen molar-refractivity contribution in [2.75, 3.05) is 40.3 Å². The lowest BCUT2D eigenvalue weighted by molar-refractivity contribution is -0.140. The molecule has 2 aliphatic heterocycles. The smallest absolute Gasteiger partial charge is 0.281 e. The van der Waals surface area contributed by atoms with Crippen molar-refractivity contribution in [3.63, 3.8) is 0 Å². The fourth-order valence-corrected chi connectivity index (χ4v) is 7.19. The zero-order chi connectivity index (χ0) is 23.0. The largest absolute Gasteiger partial charge is 0.335 e. The van der Waals surface area contributed by atoms with Crippen LogP contribution in [-0.4, -0.2) is 91.1 Å². The van der Waals surface area contributed by atoms with Crippen LogP contribution in [0.15, 0.2) is 18.2 Å². The fourth-order valence-electron chi connectivity index (χ4n) is 5.57. The number of halogens is 2. The molecule has 3 fully saturated rings. The van der Waals surface area contributed by atoms with Crippen LogP contribution < -0.4 is 0 Å². The van der Waals surface area contributed by atoms with Gasteiger partial charge in [0.15, 0.2) is 0 Å². The standard InChI is InChI=1S/C22H32Cl2N4O3S/c1-25(2)32(30,31)28-13-12-27(21(29)15-16-8-9-17(23)18(24)14-16)22-19(6-5-7-20(22)28)26-10-3-4-11-26/h8-9,14,19-20,22H,3-7,10-13,15H2,1-2H3/t19-,20-,22+/m0/s1. The van der Waals surface area contributed by atoms with Crippen molar-refractivity contribution in [2.45, 2.75) is 56.7 Å². The molecule has 1 amide bonds. The predicted octanol–water partition coefficient (Wildman–Crippen LogP) is 2.87. The summed E-state index contributed by atoms with van der Waals surface area (Å²) in [6.45, 7) is 2.76. The average Bonchev–Trinajstić information content (AvgIpc) is 3.29. The van der Waals surface area contributed by atoms with E-state index in [2.05, 4.69) is 4.90 Å². The Hall–Kier alpha value is -0.900. The number of hydrogen-bond donors (Lipinski definition) is 0. The van der Waals surface area contributed by atoms with Crippen LogP contribution in [-0.2, 0) is 21.4 Å². The second kappa shape index (κ2) is 9.76. The van der Waals surface area contributed by atoms with E-state index in [1.165, 1.54) is 4.31 Å².